The number of pyridine rings is 1. The SMILES string of the molecule is CC(CC(=O)Nc1ccc(N2CCCCC2)cn1)NC(=O)c1ccccc1. The molecule has 2 amide bonds. The van der Waals surface area contributed by atoms with Crippen LogP contribution in [0.5, 0.6) is 0 Å². The molecule has 0 saturated carbocycles. The predicted molar refractivity (Wildman–Crippen MR) is 107 cm³/mol. The molecular formula is C21H26N4O2. The van der Waals surface area contributed by atoms with Crippen LogP contribution < -0.4 is 15.5 Å². The van der Waals surface area contributed by atoms with E-state index in [0.29, 0.717) is 11.4 Å². The molecule has 1 saturated heterocycles. The van der Waals surface area contributed by atoms with Gasteiger partial charge in [0.1, 0.15) is 5.82 Å². The Bertz CT molecular complexity index is 756. The average molecular weight is 366 g/mol. The molecule has 1 aromatic carbocycles. The molecule has 1 aliphatic heterocycles. The first-order valence-corrected chi connectivity index (χ1v) is 9.48. The first-order valence-electron chi connectivity index (χ1n) is 9.48. The van der Waals surface area contributed by atoms with Crippen molar-refractivity contribution < 1.29 is 9.59 Å². The molecule has 27 heavy (non-hydrogen) atoms. The Hall–Kier alpha value is -2.89. The van der Waals surface area contributed by atoms with Gasteiger partial charge in [-0.05, 0) is 50.5 Å². The molecule has 0 spiro atoms. The van der Waals surface area contributed by atoms with Gasteiger partial charge in [0.05, 0.1) is 11.9 Å². The van der Waals surface area contributed by atoms with Crippen LogP contribution in [-0.4, -0.2) is 35.9 Å². The van der Waals surface area contributed by atoms with Crippen LogP contribution in [0.3, 0.4) is 0 Å². The molecule has 0 aliphatic carbocycles. The minimum atomic E-state index is -0.273. The van der Waals surface area contributed by atoms with Crippen molar-refractivity contribution in [3.05, 3.63) is 54.2 Å². The molecule has 2 N–H and O–H groups in total. The van der Waals surface area contributed by atoms with Crippen LogP contribution in [0.4, 0.5) is 11.5 Å². The highest BCUT2D eigenvalue weighted by Gasteiger charge is 2.14. The highest BCUT2D eigenvalue weighted by Crippen LogP contribution is 2.20. The summed E-state index contributed by atoms with van der Waals surface area (Å²) < 4.78 is 0. The van der Waals surface area contributed by atoms with Crippen LogP contribution in [0.2, 0.25) is 0 Å². The lowest BCUT2D eigenvalue weighted by atomic mass is 10.1. The van der Waals surface area contributed by atoms with Crippen molar-refractivity contribution in [3.8, 4) is 0 Å². The van der Waals surface area contributed by atoms with Crippen LogP contribution in [0.15, 0.2) is 48.7 Å². The number of hydrogen-bond donors (Lipinski definition) is 2. The van der Waals surface area contributed by atoms with Gasteiger partial charge in [-0.1, -0.05) is 18.2 Å². The molecule has 0 bridgehead atoms. The Kier molecular flexibility index (Phi) is 6.41. The third kappa shape index (κ3) is 5.54. The van der Waals surface area contributed by atoms with Gasteiger partial charge < -0.3 is 15.5 Å². The van der Waals surface area contributed by atoms with E-state index in [0.717, 1.165) is 18.8 Å². The van der Waals surface area contributed by atoms with Crippen LogP contribution >= 0.6 is 0 Å². The fraction of sp³-hybridized carbons (Fsp3) is 0.381. The number of rotatable bonds is 6. The summed E-state index contributed by atoms with van der Waals surface area (Å²) in [6, 6.07) is 12.5. The van der Waals surface area contributed by atoms with Crippen molar-refractivity contribution in [3.63, 3.8) is 0 Å². The lowest BCUT2D eigenvalue weighted by molar-refractivity contribution is -0.116. The van der Waals surface area contributed by atoms with Gasteiger partial charge in [-0.2, -0.15) is 0 Å². The summed E-state index contributed by atoms with van der Waals surface area (Å²) >= 11 is 0. The molecule has 1 fully saturated rings. The number of nitrogens with one attached hydrogen (secondary N) is 2. The summed E-state index contributed by atoms with van der Waals surface area (Å²) in [6.07, 6.45) is 5.71. The normalized spacial score (nSPS) is 15.1. The third-order valence-corrected chi connectivity index (χ3v) is 4.64. The van der Waals surface area contributed by atoms with Crippen LogP contribution in [0.25, 0.3) is 0 Å². The molecule has 1 aromatic heterocycles. The number of aromatic nitrogens is 1. The highest BCUT2D eigenvalue weighted by atomic mass is 16.2. The Balaban J connectivity index is 1.47. The number of nitrogens with zero attached hydrogens (tertiary/aromatic N) is 2. The maximum atomic E-state index is 12.2. The fourth-order valence-corrected chi connectivity index (χ4v) is 3.22. The minimum absolute atomic E-state index is 0.172. The molecule has 0 radical (unpaired) electrons. The zero-order valence-electron chi connectivity index (χ0n) is 15.6. The van der Waals surface area contributed by atoms with E-state index < -0.39 is 0 Å². The molecule has 2 aromatic rings. The Morgan fingerprint density at radius 3 is 2.48 bits per heavy atom. The van der Waals surface area contributed by atoms with Crippen molar-refractivity contribution in [2.24, 2.45) is 0 Å². The van der Waals surface area contributed by atoms with E-state index in [1.165, 1.54) is 19.3 Å². The number of piperidine rings is 1. The highest BCUT2D eigenvalue weighted by molar-refractivity contribution is 5.95. The Morgan fingerprint density at radius 2 is 1.81 bits per heavy atom. The summed E-state index contributed by atoms with van der Waals surface area (Å²) in [7, 11) is 0. The van der Waals surface area contributed by atoms with E-state index in [-0.39, 0.29) is 24.3 Å². The monoisotopic (exact) mass is 366 g/mol. The van der Waals surface area contributed by atoms with Gasteiger partial charge in [0.25, 0.3) is 5.91 Å². The topological polar surface area (TPSA) is 74.3 Å². The fourth-order valence-electron chi connectivity index (χ4n) is 3.22. The molecule has 2 heterocycles. The average Bonchev–Trinajstić information content (AvgIpc) is 2.69. The van der Waals surface area contributed by atoms with E-state index in [1.54, 1.807) is 12.1 Å². The van der Waals surface area contributed by atoms with Gasteiger partial charge in [-0.15, -0.1) is 0 Å². The third-order valence-electron chi connectivity index (χ3n) is 4.64. The molecular weight excluding hydrogens is 340 g/mol. The summed E-state index contributed by atoms with van der Waals surface area (Å²) in [5.41, 5.74) is 1.68. The van der Waals surface area contributed by atoms with Crippen LogP contribution in [-0.2, 0) is 4.79 Å². The van der Waals surface area contributed by atoms with Crippen molar-refractivity contribution in [2.75, 3.05) is 23.3 Å². The van der Waals surface area contributed by atoms with Crippen molar-refractivity contribution in [1.82, 2.24) is 10.3 Å². The first-order chi connectivity index (χ1) is 13.1. The molecule has 1 unspecified atom stereocenters. The number of amides is 2. The second kappa shape index (κ2) is 9.16. The standard InChI is InChI=1S/C21H26N4O2/c1-16(23-21(27)17-8-4-2-5-9-17)14-20(26)24-19-11-10-18(15-22-19)25-12-6-3-7-13-25/h2,4-5,8-11,15-16H,3,6-7,12-14H2,1H3,(H,23,27)(H,22,24,26). The summed E-state index contributed by atoms with van der Waals surface area (Å²) in [5.74, 6) is 0.177. The molecule has 6 nitrogen and oxygen atoms in total. The first kappa shape index (κ1) is 18.9. The van der Waals surface area contributed by atoms with E-state index in [1.807, 2.05) is 43.5 Å². The van der Waals surface area contributed by atoms with Gasteiger partial charge in [0.15, 0.2) is 0 Å². The van der Waals surface area contributed by atoms with Gasteiger partial charge in [-0.25, -0.2) is 4.98 Å². The molecule has 1 atom stereocenters. The lowest BCUT2D eigenvalue weighted by Gasteiger charge is -2.28. The van der Waals surface area contributed by atoms with Crippen molar-refractivity contribution >= 4 is 23.3 Å². The van der Waals surface area contributed by atoms with E-state index in [4.69, 9.17) is 0 Å². The number of carbonyl (C=O) groups excluding carboxylic acids is 2. The van der Waals surface area contributed by atoms with E-state index in [9.17, 15) is 9.59 Å². The summed E-state index contributed by atoms with van der Waals surface area (Å²) in [5, 5.41) is 5.63. The minimum Gasteiger partial charge on any atom is -0.370 e. The van der Waals surface area contributed by atoms with Gasteiger partial charge in [0.2, 0.25) is 5.91 Å². The number of hydrogen-bond acceptors (Lipinski definition) is 4. The molecule has 1 aliphatic rings. The van der Waals surface area contributed by atoms with Crippen molar-refractivity contribution in [1.29, 1.82) is 0 Å². The number of carbonyl (C=O) groups is 2. The van der Waals surface area contributed by atoms with Crippen LogP contribution in [0.1, 0.15) is 43.0 Å². The number of anilines is 2. The Morgan fingerprint density at radius 1 is 1.07 bits per heavy atom. The quantitative estimate of drug-likeness (QED) is 0.823. The zero-order valence-corrected chi connectivity index (χ0v) is 15.6. The van der Waals surface area contributed by atoms with Gasteiger partial charge >= 0.3 is 0 Å². The second-order valence-corrected chi connectivity index (χ2v) is 6.94. The predicted octanol–water partition coefficient (Wildman–Crippen LogP) is 3.22. The Labute approximate surface area is 160 Å². The van der Waals surface area contributed by atoms with Crippen molar-refractivity contribution in [2.45, 2.75) is 38.6 Å². The second-order valence-electron chi connectivity index (χ2n) is 6.94. The van der Waals surface area contributed by atoms with E-state index in [2.05, 4.69) is 20.5 Å². The van der Waals surface area contributed by atoms with Gasteiger partial charge in [-0.3, -0.25) is 9.59 Å². The molecule has 142 valence electrons. The van der Waals surface area contributed by atoms with Crippen LogP contribution in [0, 0.1) is 0 Å². The maximum absolute atomic E-state index is 12.2. The molecule has 3 rings (SSSR count). The largest absolute Gasteiger partial charge is 0.370 e. The van der Waals surface area contributed by atoms with E-state index >= 15 is 0 Å². The smallest absolute Gasteiger partial charge is 0.251 e. The summed E-state index contributed by atoms with van der Waals surface area (Å²) in [6.45, 7) is 3.94. The summed E-state index contributed by atoms with van der Waals surface area (Å²) in [4.78, 5) is 31.0. The van der Waals surface area contributed by atoms with Gasteiger partial charge in [0, 0.05) is 31.1 Å². The zero-order chi connectivity index (χ0) is 19.1. The maximum Gasteiger partial charge on any atom is 0.251 e. The molecule has 6 heteroatoms. The number of benzene rings is 1. The lowest BCUT2D eigenvalue weighted by Crippen LogP contribution is -2.35.